The van der Waals surface area contributed by atoms with Crippen molar-refractivity contribution in [1.29, 1.82) is 0 Å². The fourth-order valence-corrected chi connectivity index (χ4v) is 1.15. The van der Waals surface area contributed by atoms with Crippen molar-refractivity contribution in [3.05, 3.63) is 0 Å². The summed E-state index contributed by atoms with van der Waals surface area (Å²) in [4.78, 5) is 4.00. The van der Waals surface area contributed by atoms with Gasteiger partial charge in [-0.1, -0.05) is 0 Å². The van der Waals surface area contributed by atoms with Crippen LogP contribution in [0.3, 0.4) is 0 Å². The molecule has 1 aliphatic rings. The summed E-state index contributed by atoms with van der Waals surface area (Å²) < 4.78 is 32.4. The van der Waals surface area contributed by atoms with Gasteiger partial charge in [-0.15, -0.1) is 0 Å². The summed E-state index contributed by atoms with van der Waals surface area (Å²) in [5, 5.41) is 2.94. The van der Waals surface area contributed by atoms with Crippen LogP contribution in [0.2, 0.25) is 0 Å². The molecule has 8 heteroatoms. The third kappa shape index (κ3) is 6.42. The second-order valence-electron chi connectivity index (χ2n) is 2.25. The molecule has 0 amide bonds. The van der Waals surface area contributed by atoms with Gasteiger partial charge in [0.05, 0.1) is 19.0 Å². The van der Waals surface area contributed by atoms with Gasteiger partial charge in [-0.2, -0.15) is 8.42 Å². The predicted octanol–water partition coefficient (Wildman–Crippen LogP) is -1.45. The van der Waals surface area contributed by atoms with Crippen LogP contribution in [0.4, 0.5) is 0 Å². The number of rotatable bonds is 4. The molecule has 0 saturated heterocycles. The number of hydrogen-bond donors (Lipinski definition) is 2. The first-order valence-electron chi connectivity index (χ1n) is 3.47. The number of amidine groups is 1. The number of nitrogens with one attached hydrogen (secondary N) is 1. The second-order valence-corrected chi connectivity index (χ2v) is 3.35. The molecule has 0 radical (unpaired) electrons. The van der Waals surface area contributed by atoms with E-state index in [-0.39, 0.29) is 36.2 Å². The van der Waals surface area contributed by atoms with E-state index in [1.165, 1.54) is 0 Å². The number of nitrogens with zero attached hydrogens (tertiary/aromatic N) is 1. The van der Waals surface area contributed by atoms with Gasteiger partial charge in [0, 0.05) is 13.0 Å². The average Bonchev–Trinajstić information content (AvgIpc) is 2.36. The van der Waals surface area contributed by atoms with E-state index in [9.17, 15) is 8.42 Å². The Morgan fingerprint density at radius 1 is 1.62 bits per heavy atom. The molecular formula is C5H11N2NaO4S. The molecular weight excluding hydrogens is 207 g/mol. The molecule has 2 N–H and O–H groups in total. The normalized spacial score (nSPS) is 15.9. The molecule has 0 aliphatic carbocycles. The Morgan fingerprint density at radius 3 is 2.77 bits per heavy atom. The van der Waals surface area contributed by atoms with Crippen molar-refractivity contribution in [1.82, 2.24) is 5.32 Å². The zero-order valence-corrected chi connectivity index (χ0v) is 7.17. The molecule has 13 heavy (non-hydrogen) atoms. The van der Waals surface area contributed by atoms with E-state index < -0.39 is 10.4 Å². The molecule has 72 valence electrons. The van der Waals surface area contributed by atoms with Crippen LogP contribution in [-0.2, 0) is 14.6 Å². The molecule has 1 heterocycles. The third-order valence-electron chi connectivity index (χ3n) is 1.31. The van der Waals surface area contributed by atoms with Crippen molar-refractivity contribution in [3.63, 3.8) is 0 Å². The molecule has 0 aromatic rings. The average molecular weight is 218 g/mol. The molecule has 1 aliphatic heterocycles. The van der Waals surface area contributed by atoms with Crippen LogP contribution in [0.25, 0.3) is 0 Å². The van der Waals surface area contributed by atoms with E-state index in [2.05, 4.69) is 14.5 Å². The van der Waals surface area contributed by atoms with Gasteiger partial charge < -0.3 is 5.32 Å². The van der Waals surface area contributed by atoms with Crippen LogP contribution in [0, 0.1) is 0 Å². The zero-order chi connectivity index (χ0) is 9.03. The van der Waals surface area contributed by atoms with Gasteiger partial charge in [0.25, 0.3) is 0 Å². The van der Waals surface area contributed by atoms with E-state index in [1.807, 2.05) is 0 Å². The first-order chi connectivity index (χ1) is 5.58. The van der Waals surface area contributed by atoms with Crippen LogP contribution < -0.4 is 5.32 Å². The Kier molecular flexibility index (Phi) is 6.10. The van der Waals surface area contributed by atoms with Gasteiger partial charge in [0.15, 0.2) is 0 Å². The molecule has 0 saturated carbocycles. The predicted molar refractivity (Wildman–Crippen MR) is 49.6 cm³/mol. The van der Waals surface area contributed by atoms with Gasteiger partial charge >= 0.3 is 40.0 Å². The molecule has 6 nitrogen and oxygen atoms in total. The number of hydrogen-bond acceptors (Lipinski definition) is 5. The molecule has 0 atom stereocenters. The van der Waals surface area contributed by atoms with Crippen molar-refractivity contribution in [2.24, 2.45) is 4.99 Å². The Bertz CT molecular complexity index is 276. The van der Waals surface area contributed by atoms with Crippen LogP contribution in [0.5, 0.6) is 0 Å². The molecule has 1 rings (SSSR count). The topological polar surface area (TPSA) is 88.0 Å². The minimum atomic E-state index is -4.30. The van der Waals surface area contributed by atoms with E-state index in [1.54, 1.807) is 0 Å². The van der Waals surface area contributed by atoms with Gasteiger partial charge in [0.1, 0.15) is 0 Å². The van der Waals surface area contributed by atoms with Crippen molar-refractivity contribution >= 4 is 45.8 Å². The maximum absolute atomic E-state index is 10.1. The first-order valence-corrected chi connectivity index (χ1v) is 4.83. The summed E-state index contributed by atoms with van der Waals surface area (Å²) in [7, 11) is -4.30. The van der Waals surface area contributed by atoms with E-state index >= 15 is 0 Å². The fourth-order valence-electron chi connectivity index (χ4n) is 0.858. The number of aliphatic imine (C=N–C) groups is 1. The first kappa shape index (κ1) is 13.3. The van der Waals surface area contributed by atoms with Crippen molar-refractivity contribution < 1.29 is 17.2 Å². The SMILES string of the molecule is O=S(=O)(O)OCCC1=NCCN1.[NaH]. The molecule has 0 bridgehead atoms. The van der Waals surface area contributed by atoms with Crippen molar-refractivity contribution in [3.8, 4) is 0 Å². The van der Waals surface area contributed by atoms with Gasteiger partial charge in [-0.05, 0) is 0 Å². The summed E-state index contributed by atoms with van der Waals surface area (Å²) >= 11 is 0. The monoisotopic (exact) mass is 218 g/mol. The van der Waals surface area contributed by atoms with E-state index in [0.29, 0.717) is 13.0 Å². The summed E-state index contributed by atoms with van der Waals surface area (Å²) in [5.74, 6) is 0.721. The van der Waals surface area contributed by atoms with Gasteiger partial charge in [0.2, 0.25) is 0 Å². The Labute approximate surface area is 99.0 Å². The second kappa shape index (κ2) is 5.94. The minimum absolute atomic E-state index is 0. The molecule has 0 aromatic carbocycles. The summed E-state index contributed by atoms with van der Waals surface area (Å²) in [6.07, 6.45) is 0.375. The zero-order valence-electron chi connectivity index (χ0n) is 6.36. The van der Waals surface area contributed by atoms with Crippen LogP contribution in [-0.4, -0.2) is 68.1 Å². The van der Waals surface area contributed by atoms with Crippen molar-refractivity contribution in [2.45, 2.75) is 6.42 Å². The third-order valence-corrected chi connectivity index (χ3v) is 1.78. The Morgan fingerprint density at radius 2 is 2.31 bits per heavy atom. The van der Waals surface area contributed by atoms with E-state index in [0.717, 1.165) is 12.4 Å². The standard InChI is InChI=1S/C5H10N2O4S.Na.H/c8-12(9,10)11-4-1-5-6-2-3-7-5;;/h1-4H2,(H,6,7)(H,8,9,10);;. The van der Waals surface area contributed by atoms with Gasteiger partial charge in [-0.3, -0.25) is 9.55 Å². The molecule has 0 aromatic heterocycles. The summed E-state index contributed by atoms with van der Waals surface area (Å²) in [6, 6.07) is 0. The van der Waals surface area contributed by atoms with Gasteiger partial charge in [-0.25, -0.2) is 4.18 Å². The molecule has 0 fully saturated rings. The Hall–Kier alpha value is 0.340. The Balaban J connectivity index is 0.00000144. The van der Waals surface area contributed by atoms with Crippen molar-refractivity contribution in [2.75, 3.05) is 19.7 Å². The summed E-state index contributed by atoms with van der Waals surface area (Å²) in [6.45, 7) is 1.41. The van der Waals surface area contributed by atoms with E-state index in [4.69, 9.17) is 4.55 Å². The molecule has 0 unspecified atom stereocenters. The quantitative estimate of drug-likeness (QED) is 0.445. The van der Waals surface area contributed by atoms with Crippen LogP contribution in [0.15, 0.2) is 4.99 Å². The van der Waals surface area contributed by atoms with Crippen LogP contribution >= 0.6 is 0 Å². The van der Waals surface area contributed by atoms with Crippen LogP contribution in [0.1, 0.15) is 6.42 Å². The summed E-state index contributed by atoms with van der Waals surface area (Å²) in [5.41, 5.74) is 0. The fraction of sp³-hybridized carbons (Fsp3) is 0.800. The molecule has 0 spiro atoms. The maximum atomic E-state index is 10.1.